The molecule has 2 aromatic rings. The number of nitrogens with one attached hydrogen (secondary N) is 1. The molecular weight excluding hydrogens is 346 g/mol. The monoisotopic (exact) mass is 369 g/mol. The molecule has 1 heterocycles. The number of carbonyl (C=O) groups excluding carboxylic acids is 2. The van der Waals surface area contributed by atoms with Gasteiger partial charge in [-0.05, 0) is 35.4 Å². The summed E-state index contributed by atoms with van der Waals surface area (Å²) in [5, 5.41) is 2.88. The topological polar surface area (TPSA) is 75.4 Å². The molecule has 0 spiro atoms. The van der Waals surface area contributed by atoms with E-state index in [0.29, 0.717) is 18.5 Å². The van der Waals surface area contributed by atoms with Gasteiger partial charge < -0.3 is 16.0 Å². The van der Waals surface area contributed by atoms with E-state index < -0.39 is 0 Å². The van der Waals surface area contributed by atoms with Crippen LogP contribution in [0.2, 0.25) is 0 Å². The molecule has 1 aliphatic heterocycles. The van der Waals surface area contributed by atoms with Crippen molar-refractivity contribution in [2.45, 2.75) is 12.8 Å². The third-order valence-corrected chi connectivity index (χ3v) is 5.24. The molecule has 0 atom stereocenters. The number of hydrogen-bond acceptors (Lipinski definition) is 4. The van der Waals surface area contributed by atoms with E-state index in [1.165, 1.54) is 0 Å². The number of thioether (sulfide) groups is 1. The van der Waals surface area contributed by atoms with E-state index in [4.69, 9.17) is 5.73 Å². The Kier molecular flexibility index (Phi) is 6.17. The number of benzene rings is 2. The second kappa shape index (κ2) is 8.76. The second-order valence-electron chi connectivity index (χ2n) is 6.33. The van der Waals surface area contributed by atoms with Crippen LogP contribution in [0.3, 0.4) is 0 Å². The smallest absolute Gasteiger partial charge is 0.228 e. The first-order valence-electron chi connectivity index (χ1n) is 8.69. The first-order chi connectivity index (χ1) is 12.6. The van der Waals surface area contributed by atoms with E-state index in [9.17, 15) is 9.59 Å². The Morgan fingerprint density at radius 3 is 2.15 bits per heavy atom. The van der Waals surface area contributed by atoms with Crippen molar-refractivity contribution in [2.24, 2.45) is 0 Å². The average molecular weight is 369 g/mol. The first-order valence-corrected chi connectivity index (χ1v) is 9.84. The second-order valence-corrected chi connectivity index (χ2v) is 7.56. The SMILES string of the molecule is Nc1ccc(CC(=O)Nc2ccc(CC(=O)N3CCSCC3)cc2)cc1. The minimum atomic E-state index is -0.0792. The molecule has 0 aromatic heterocycles. The lowest BCUT2D eigenvalue weighted by molar-refractivity contribution is -0.130. The summed E-state index contributed by atoms with van der Waals surface area (Å²) in [6, 6.07) is 14.8. The van der Waals surface area contributed by atoms with E-state index >= 15 is 0 Å². The predicted molar refractivity (Wildman–Crippen MR) is 107 cm³/mol. The molecule has 1 aliphatic rings. The molecule has 0 radical (unpaired) electrons. The summed E-state index contributed by atoms with van der Waals surface area (Å²) >= 11 is 1.89. The van der Waals surface area contributed by atoms with Crippen LogP contribution in [0.15, 0.2) is 48.5 Å². The van der Waals surface area contributed by atoms with Crippen LogP contribution in [0.25, 0.3) is 0 Å². The number of rotatable bonds is 5. The van der Waals surface area contributed by atoms with Gasteiger partial charge in [-0.1, -0.05) is 24.3 Å². The van der Waals surface area contributed by atoms with Crippen LogP contribution in [0.5, 0.6) is 0 Å². The zero-order valence-corrected chi connectivity index (χ0v) is 15.4. The van der Waals surface area contributed by atoms with Gasteiger partial charge in [0.2, 0.25) is 11.8 Å². The standard InChI is InChI=1S/C20H23N3O2S/c21-17-5-1-15(2-6-17)13-19(24)22-18-7-3-16(4-8-18)14-20(25)23-9-11-26-12-10-23/h1-8H,9-14,21H2,(H,22,24). The molecule has 0 saturated carbocycles. The van der Waals surface area contributed by atoms with Crippen molar-refractivity contribution in [3.63, 3.8) is 0 Å². The summed E-state index contributed by atoms with van der Waals surface area (Å²) in [6.45, 7) is 1.67. The highest BCUT2D eigenvalue weighted by Gasteiger charge is 2.16. The molecule has 0 unspecified atom stereocenters. The van der Waals surface area contributed by atoms with E-state index in [-0.39, 0.29) is 11.8 Å². The molecule has 5 nitrogen and oxygen atoms in total. The lowest BCUT2D eigenvalue weighted by atomic mass is 10.1. The molecule has 0 aliphatic carbocycles. The van der Waals surface area contributed by atoms with E-state index in [2.05, 4.69) is 5.32 Å². The van der Waals surface area contributed by atoms with Crippen LogP contribution in [-0.4, -0.2) is 41.3 Å². The van der Waals surface area contributed by atoms with Crippen LogP contribution in [-0.2, 0) is 22.4 Å². The van der Waals surface area contributed by atoms with Gasteiger partial charge in [-0.25, -0.2) is 0 Å². The highest BCUT2D eigenvalue weighted by Crippen LogP contribution is 2.14. The Hall–Kier alpha value is -2.47. The highest BCUT2D eigenvalue weighted by atomic mass is 32.2. The maximum Gasteiger partial charge on any atom is 0.228 e. The zero-order chi connectivity index (χ0) is 18.4. The van der Waals surface area contributed by atoms with Crippen LogP contribution in [0.1, 0.15) is 11.1 Å². The fourth-order valence-corrected chi connectivity index (χ4v) is 3.73. The Morgan fingerprint density at radius 1 is 0.923 bits per heavy atom. The van der Waals surface area contributed by atoms with Crippen LogP contribution < -0.4 is 11.1 Å². The van der Waals surface area contributed by atoms with Crippen LogP contribution in [0.4, 0.5) is 11.4 Å². The van der Waals surface area contributed by atoms with Gasteiger partial charge in [-0.3, -0.25) is 9.59 Å². The van der Waals surface area contributed by atoms with Gasteiger partial charge in [0.1, 0.15) is 0 Å². The van der Waals surface area contributed by atoms with Gasteiger partial charge in [0.05, 0.1) is 12.8 Å². The fourth-order valence-electron chi connectivity index (χ4n) is 2.83. The maximum atomic E-state index is 12.3. The summed E-state index contributed by atoms with van der Waals surface area (Å²) in [4.78, 5) is 26.4. The maximum absolute atomic E-state index is 12.3. The number of carbonyl (C=O) groups is 2. The molecule has 2 aromatic carbocycles. The third-order valence-electron chi connectivity index (χ3n) is 4.30. The summed E-state index contributed by atoms with van der Waals surface area (Å²) in [5.41, 5.74) is 8.94. The molecule has 0 bridgehead atoms. The minimum absolute atomic E-state index is 0.0792. The molecule has 1 fully saturated rings. The number of nitrogens with two attached hydrogens (primary N) is 1. The molecule has 3 N–H and O–H groups in total. The van der Waals surface area contributed by atoms with Crippen molar-refractivity contribution < 1.29 is 9.59 Å². The van der Waals surface area contributed by atoms with Crippen molar-refractivity contribution in [3.8, 4) is 0 Å². The van der Waals surface area contributed by atoms with Gasteiger partial charge in [0.15, 0.2) is 0 Å². The number of hydrogen-bond donors (Lipinski definition) is 2. The lowest BCUT2D eigenvalue weighted by Gasteiger charge is -2.26. The molecule has 1 saturated heterocycles. The van der Waals surface area contributed by atoms with Crippen molar-refractivity contribution in [1.82, 2.24) is 4.90 Å². The van der Waals surface area contributed by atoms with E-state index in [1.54, 1.807) is 12.1 Å². The lowest BCUT2D eigenvalue weighted by Crippen LogP contribution is -2.38. The number of amides is 2. The van der Waals surface area contributed by atoms with Crippen molar-refractivity contribution >= 4 is 35.0 Å². The van der Waals surface area contributed by atoms with Crippen molar-refractivity contribution in [1.29, 1.82) is 0 Å². The first kappa shape index (κ1) is 18.3. The molecule has 26 heavy (non-hydrogen) atoms. The van der Waals surface area contributed by atoms with Gasteiger partial charge >= 0.3 is 0 Å². The fraction of sp³-hybridized carbons (Fsp3) is 0.300. The Balaban J connectivity index is 1.51. The zero-order valence-electron chi connectivity index (χ0n) is 14.6. The molecule has 136 valence electrons. The Morgan fingerprint density at radius 2 is 1.50 bits per heavy atom. The Labute approximate surface area is 157 Å². The average Bonchev–Trinajstić information content (AvgIpc) is 2.66. The summed E-state index contributed by atoms with van der Waals surface area (Å²) in [5.74, 6) is 2.13. The summed E-state index contributed by atoms with van der Waals surface area (Å²) in [6.07, 6.45) is 0.706. The Bertz CT molecular complexity index is 754. The quantitative estimate of drug-likeness (QED) is 0.795. The van der Waals surface area contributed by atoms with Gasteiger partial charge in [-0.15, -0.1) is 0 Å². The van der Waals surface area contributed by atoms with E-state index in [1.807, 2.05) is 53.1 Å². The van der Waals surface area contributed by atoms with Crippen LogP contribution in [0, 0.1) is 0 Å². The summed E-state index contributed by atoms with van der Waals surface area (Å²) in [7, 11) is 0. The number of anilines is 2. The molecular formula is C20H23N3O2S. The van der Waals surface area contributed by atoms with Crippen molar-refractivity contribution in [3.05, 3.63) is 59.7 Å². The molecule has 2 amide bonds. The van der Waals surface area contributed by atoms with Gasteiger partial charge in [0, 0.05) is 36.0 Å². The predicted octanol–water partition coefficient (Wildman–Crippen LogP) is 2.57. The highest BCUT2D eigenvalue weighted by molar-refractivity contribution is 7.99. The third kappa shape index (κ3) is 5.26. The minimum Gasteiger partial charge on any atom is -0.399 e. The molecule has 3 rings (SSSR count). The normalized spacial score (nSPS) is 14.1. The molecule has 6 heteroatoms. The number of nitrogen functional groups attached to an aromatic ring is 1. The van der Waals surface area contributed by atoms with E-state index in [0.717, 1.165) is 41.4 Å². The number of nitrogens with zero attached hydrogens (tertiary/aromatic N) is 1. The van der Waals surface area contributed by atoms with Gasteiger partial charge in [0.25, 0.3) is 0 Å². The van der Waals surface area contributed by atoms with Crippen molar-refractivity contribution in [2.75, 3.05) is 35.6 Å². The summed E-state index contributed by atoms with van der Waals surface area (Å²) < 4.78 is 0. The largest absolute Gasteiger partial charge is 0.399 e. The van der Waals surface area contributed by atoms with Crippen LogP contribution >= 0.6 is 11.8 Å². The van der Waals surface area contributed by atoms with Gasteiger partial charge in [-0.2, -0.15) is 11.8 Å².